The van der Waals surface area contributed by atoms with E-state index in [-0.39, 0.29) is 29.2 Å². The lowest BCUT2D eigenvalue weighted by atomic mass is 9.78. The Morgan fingerprint density at radius 2 is 1.55 bits per heavy atom. The minimum absolute atomic E-state index is 0.0924. The molecule has 0 bridgehead atoms. The van der Waals surface area contributed by atoms with Crippen molar-refractivity contribution in [1.82, 2.24) is 19.0 Å². The van der Waals surface area contributed by atoms with Crippen LogP contribution in [0.15, 0.2) is 34.7 Å². The number of hydrogen-bond acceptors (Lipinski definition) is 6. The highest BCUT2D eigenvalue weighted by Gasteiger charge is 2.29. The van der Waals surface area contributed by atoms with Crippen molar-refractivity contribution in [2.75, 3.05) is 20.2 Å². The number of carbonyl (C=O) groups excluding carboxylic acids is 1. The van der Waals surface area contributed by atoms with E-state index in [0.717, 1.165) is 39.4 Å². The predicted molar refractivity (Wildman–Crippen MR) is 156 cm³/mol. The van der Waals surface area contributed by atoms with Crippen LogP contribution in [0.3, 0.4) is 0 Å². The van der Waals surface area contributed by atoms with Crippen molar-refractivity contribution in [1.29, 1.82) is 0 Å². The van der Waals surface area contributed by atoms with Crippen LogP contribution in [0.5, 0.6) is 5.75 Å². The zero-order chi connectivity index (χ0) is 29.4. The van der Waals surface area contributed by atoms with Crippen molar-refractivity contribution in [3.05, 3.63) is 57.2 Å². The average Bonchev–Trinajstić information content (AvgIpc) is 3.50. The van der Waals surface area contributed by atoms with Crippen molar-refractivity contribution in [3.63, 3.8) is 0 Å². The van der Waals surface area contributed by atoms with Crippen LogP contribution in [-0.2, 0) is 33.5 Å². The standard InChI is InChI=1S/C30H40N4O5S/c1-29(2,3)21-14-20(15-22(26(21)39-7)30(4,5)6)27-31-23(18-40-27)19-8-10-32(11-9-19)24(35)16-33-12-13-34(28(33)38)17-25(36)37/h12-15,18-19H,8-11,16-17H2,1-7H3,(H,36,37). The number of aliphatic carboxylic acids is 1. The van der Waals surface area contributed by atoms with Gasteiger partial charge < -0.3 is 14.7 Å². The first-order valence-corrected chi connectivity index (χ1v) is 14.5. The molecule has 0 radical (unpaired) electrons. The molecule has 40 heavy (non-hydrogen) atoms. The van der Waals surface area contributed by atoms with Gasteiger partial charge in [0.1, 0.15) is 23.8 Å². The Labute approximate surface area is 239 Å². The molecule has 4 rings (SSSR count). The second-order valence-corrected chi connectivity index (χ2v) is 13.4. The zero-order valence-corrected chi connectivity index (χ0v) is 25.3. The van der Waals surface area contributed by atoms with Gasteiger partial charge in [-0.25, -0.2) is 9.78 Å². The maximum absolute atomic E-state index is 12.9. The highest BCUT2D eigenvalue weighted by Crippen LogP contribution is 2.43. The van der Waals surface area contributed by atoms with Gasteiger partial charge in [0.25, 0.3) is 0 Å². The van der Waals surface area contributed by atoms with E-state index in [1.54, 1.807) is 23.3 Å². The normalized spacial score (nSPS) is 14.9. The summed E-state index contributed by atoms with van der Waals surface area (Å²) in [5.41, 5.74) is 3.80. The third-order valence-corrected chi connectivity index (χ3v) is 8.38. The molecule has 0 aliphatic carbocycles. The van der Waals surface area contributed by atoms with Crippen LogP contribution in [0, 0.1) is 0 Å². The van der Waals surface area contributed by atoms with Gasteiger partial charge in [-0.3, -0.25) is 18.7 Å². The first-order valence-electron chi connectivity index (χ1n) is 13.6. The number of aromatic nitrogens is 3. The fourth-order valence-electron chi connectivity index (χ4n) is 5.20. The Kier molecular flexibility index (Phi) is 8.31. The Morgan fingerprint density at radius 3 is 2.05 bits per heavy atom. The van der Waals surface area contributed by atoms with E-state index in [0.29, 0.717) is 13.1 Å². The monoisotopic (exact) mass is 568 g/mol. The molecule has 0 atom stereocenters. The minimum Gasteiger partial charge on any atom is -0.496 e. The molecule has 2 aromatic heterocycles. The third kappa shape index (κ3) is 6.32. The first kappa shape index (κ1) is 29.6. The largest absolute Gasteiger partial charge is 0.496 e. The molecule has 10 heteroatoms. The molecule has 0 unspecified atom stereocenters. The van der Waals surface area contributed by atoms with Gasteiger partial charge in [-0.2, -0.15) is 0 Å². The topological polar surface area (TPSA) is 107 Å². The summed E-state index contributed by atoms with van der Waals surface area (Å²) in [6.07, 6.45) is 4.45. The lowest BCUT2D eigenvalue weighted by molar-refractivity contribution is -0.137. The summed E-state index contributed by atoms with van der Waals surface area (Å²) in [4.78, 5) is 43.0. The Hall–Kier alpha value is -3.40. The maximum Gasteiger partial charge on any atom is 0.329 e. The fourth-order valence-corrected chi connectivity index (χ4v) is 6.09. The van der Waals surface area contributed by atoms with Gasteiger partial charge in [-0.1, -0.05) is 41.5 Å². The molecule has 0 saturated carbocycles. The molecular weight excluding hydrogens is 528 g/mol. The molecule has 1 amide bonds. The molecule has 216 valence electrons. The van der Waals surface area contributed by atoms with Crippen LogP contribution in [0.25, 0.3) is 10.6 Å². The number of nitrogens with zero attached hydrogens (tertiary/aromatic N) is 4. The first-order chi connectivity index (χ1) is 18.7. The second kappa shape index (κ2) is 11.2. The lowest BCUT2D eigenvalue weighted by Gasteiger charge is -2.31. The molecule has 1 aliphatic rings. The summed E-state index contributed by atoms with van der Waals surface area (Å²) in [6, 6.07) is 4.42. The lowest BCUT2D eigenvalue weighted by Crippen LogP contribution is -2.41. The number of carboxylic acid groups (broad SMARTS) is 1. The van der Waals surface area contributed by atoms with Gasteiger partial charge >= 0.3 is 11.7 Å². The number of ether oxygens (including phenoxy) is 1. The second-order valence-electron chi connectivity index (χ2n) is 12.6. The van der Waals surface area contributed by atoms with E-state index in [1.165, 1.54) is 28.1 Å². The summed E-state index contributed by atoms with van der Waals surface area (Å²) in [7, 11) is 1.74. The molecule has 3 heterocycles. The number of imidazole rings is 1. The number of carboxylic acids is 1. The van der Waals surface area contributed by atoms with E-state index in [1.807, 2.05) is 0 Å². The summed E-state index contributed by atoms with van der Waals surface area (Å²) < 4.78 is 8.26. The number of hydrogen-bond donors (Lipinski definition) is 1. The van der Waals surface area contributed by atoms with Crippen LogP contribution < -0.4 is 10.4 Å². The van der Waals surface area contributed by atoms with Crippen LogP contribution >= 0.6 is 11.3 Å². The van der Waals surface area contributed by atoms with E-state index in [9.17, 15) is 14.4 Å². The highest BCUT2D eigenvalue weighted by molar-refractivity contribution is 7.13. The molecule has 3 aromatic rings. The van der Waals surface area contributed by atoms with E-state index >= 15 is 0 Å². The third-order valence-electron chi connectivity index (χ3n) is 7.47. The van der Waals surface area contributed by atoms with Crippen molar-refractivity contribution >= 4 is 23.2 Å². The number of thiazole rings is 1. The average molecular weight is 569 g/mol. The summed E-state index contributed by atoms with van der Waals surface area (Å²) >= 11 is 1.65. The van der Waals surface area contributed by atoms with E-state index in [4.69, 9.17) is 14.8 Å². The zero-order valence-electron chi connectivity index (χ0n) is 24.5. The van der Waals surface area contributed by atoms with Gasteiger partial charge in [-0.05, 0) is 35.8 Å². The van der Waals surface area contributed by atoms with Crippen molar-refractivity contribution in [3.8, 4) is 16.3 Å². The molecule has 9 nitrogen and oxygen atoms in total. The van der Waals surface area contributed by atoms with Gasteiger partial charge in [0.15, 0.2) is 0 Å². The van der Waals surface area contributed by atoms with Crippen molar-refractivity contribution < 1.29 is 19.4 Å². The number of amides is 1. The van der Waals surface area contributed by atoms with Crippen molar-refractivity contribution in [2.45, 2.75) is 84.2 Å². The van der Waals surface area contributed by atoms with Gasteiger partial charge in [-0.15, -0.1) is 11.3 Å². The molecule has 1 N–H and O–H groups in total. The smallest absolute Gasteiger partial charge is 0.329 e. The summed E-state index contributed by atoms with van der Waals surface area (Å²) in [5, 5.41) is 12.1. The van der Waals surface area contributed by atoms with E-state index < -0.39 is 18.2 Å². The highest BCUT2D eigenvalue weighted by atomic mass is 32.1. The molecule has 1 fully saturated rings. The Balaban J connectivity index is 1.47. The van der Waals surface area contributed by atoms with Gasteiger partial charge in [0.05, 0.1) is 12.8 Å². The minimum atomic E-state index is -1.10. The molecule has 1 aromatic carbocycles. The number of carbonyl (C=O) groups is 2. The number of methoxy groups -OCH3 is 1. The number of benzene rings is 1. The van der Waals surface area contributed by atoms with Gasteiger partial charge in [0.2, 0.25) is 5.91 Å². The molecule has 0 spiro atoms. The quantitative estimate of drug-likeness (QED) is 0.436. The maximum atomic E-state index is 12.9. The van der Waals surface area contributed by atoms with Crippen LogP contribution in [0.1, 0.15) is 77.1 Å². The molecule has 1 aliphatic heterocycles. The SMILES string of the molecule is COc1c(C(C)(C)C)cc(-c2nc(C3CCN(C(=O)Cn4ccn(CC(=O)O)c4=O)CC3)cs2)cc1C(C)(C)C. The number of piperidine rings is 1. The number of rotatable bonds is 7. The van der Waals surface area contributed by atoms with Crippen molar-refractivity contribution in [2.24, 2.45) is 0 Å². The molecule has 1 saturated heterocycles. The summed E-state index contributed by atoms with van der Waals surface area (Å²) in [6.45, 7) is 13.9. The Bertz CT molecular complexity index is 1410. The number of likely N-dealkylation sites (tertiary alicyclic amines) is 1. The van der Waals surface area contributed by atoms with Crippen LogP contribution in [-0.4, -0.2) is 56.2 Å². The van der Waals surface area contributed by atoms with Gasteiger partial charge in [0, 0.05) is 53.5 Å². The van der Waals surface area contributed by atoms with Crippen LogP contribution in [0.2, 0.25) is 0 Å². The van der Waals surface area contributed by atoms with E-state index in [2.05, 4.69) is 59.1 Å². The molecular formula is C30H40N4O5S. The van der Waals surface area contributed by atoms with Crippen LogP contribution in [0.4, 0.5) is 0 Å². The Morgan fingerprint density at radius 1 is 1.00 bits per heavy atom. The summed E-state index contributed by atoms with van der Waals surface area (Å²) in [5.74, 6) is -0.0425. The predicted octanol–water partition coefficient (Wildman–Crippen LogP) is 4.87. The fraction of sp³-hybridized carbons (Fsp3) is 0.533.